The van der Waals surface area contributed by atoms with Crippen LogP contribution in [0.4, 0.5) is 5.82 Å². The van der Waals surface area contributed by atoms with E-state index < -0.39 is 5.97 Å². The van der Waals surface area contributed by atoms with Crippen molar-refractivity contribution in [3.63, 3.8) is 0 Å². The molecule has 1 aliphatic rings. The lowest BCUT2D eigenvalue weighted by Gasteiger charge is -2.17. The van der Waals surface area contributed by atoms with Gasteiger partial charge in [0.2, 0.25) is 0 Å². The van der Waals surface area contributed by atoms with Gasteiger partial charge in [0.1, 0.15) is 5.82 Å². The minimum atomic E-state index is -0.808. The summed E-state index contributed by atoms with van der Waals surface area (Å²) in [7, 11) is 0. The number of nitrogens with one attached hydrogen (secondary N) is 1. The second kappa shape index (κ2) is 7.15. The van der Waals surface area contributed by atoms with Crippen LogP contribution in [-0.4, -0.2) is 32.4 Å². The van der Waals surface area contributed by atoms with Crippen molar-refractivity contribution >= 4 is 22.7 Å². The lowest BCUT2D eigenvalue weighted by molar-refractivity contribution is -0.137. The van der Waals surface area contributed by atoms with E-state index >= 15 is 0 Å². The molecule has 2 N–H and O–H groups in total. The highest BCUT2D eigenvalue weighted by Crippen LogP contribution is 2.23. The maximum atomic E-state index is 10.8. The Morgan fingerprint density at radius 1 is 1.23 bits per heavy atom. The number of carboxylic acids is 1. The summed E-state index contributed by atoms with van der Waals surface area (Å²) >= 11 is 0. The van der Waals surface area contributed by atoms with Gasteiger partial charge < -0.3 is 10.4 Å². The number of aryl methyl sites for hydroxylation is 4. The second-order valence-corrected chi connectivity index (χ2v) is 6.70. The SMILES string of the molecule is O=C(O)CCn1ncc2c(CCc3ccc4c(n3)NCCC4)cccc21. The third-order valence-electron chi connectivity index (χ3n) is 4.92. The minimum absolute atomic E-state index is 0.0764. The average molecular weight is 350 g/mol. The van der Waals surface area contributed by atoms with E-state index in [9.17, 15) is 4.79 Å². The molecule has 0 fully saturated rings. The Morgan fingerprint density at radius 3 is 3.04 bits per heavy atom. The molecule has 0 spiro atoms. The van der Waals surface area contributed by atoms with Crippen LogP contribution in [0.25, 0.3) is 10.9 Å². The van der Waals surface area contributed by atoms with E-state index in [4.69, 9.17) is 10.1 Å². The van der Waals surface area contributed by atoms with E-state index in [0.717, 1.165) is 48.2 Å². The molecule has 0 aliphatic carbocycles. The number of carboxylic acid groups (broad SMARTS) is 1. The van der Waals surface area contributed by atoms with Gasteiger partial charge in [-0.25, -0.2) is 4.98 Å². The molecule has 3 heterocycles. The third kappa shape index (κ3) is 3.40. The summed E-state index contributed by atoms with van der Waals surface area (Å²) in [6.07, 6.45) is 5.94. The van der Waals surface area contributed by atoms with Crippen molar-refractivity contribution in [2.24, 2.45) is 0 Å². The Hall–Kier alpha value is -2.89. The molecule has 0 bridgehead atoms. The Kier molecular flexibility index (Phi) is 4.56. The molecule has 1 aliphatic heterocycles. The highest BCUT2D eigenvalue weighted by molar-refractivity contribution is 5.82. The number of hydrogen-bond acceptors (Lipinski definition) is 4. The van der Waals surface area contributed by atoms with Crippen LogP contribution in [0.3, 0.4) is 0 Å². The molecule has 0 saturated heterocycles. The number of rotatable bonds is 6. The van der Waals surface area contributed by atoms with Crippen molar-refractivity contribution in [2.75, 3.05) is 11.9 Å². The maximum absolute atomic E-state index is 10.8. The maximum Gasteiger partial charge on any atom is 0.305 e. The molecule has 3 aromatic rings. The van der Waals surface area contributed by atoms with Crippen molar-refractivity contribution in [3.8, 4) is 0 Å². The molecule has 0 atom stereocenters. The Morgan fingerprint density at radius 2 is 2.15 bits per heavy atom. The highest BCUT2D eigenvalue weighted by Gasteiger charge is 2.12. The van der Waals surface area contributed by atoms with Crippen LogP contribution in [0, 0.1) is 0 Å². The largest absolute Gasteiger partial charge is 0.481 e. The first-order valence-electron chi connectivity index (χ1n) is 9.08. The van der Waals surface area contributed by atoms with E-state index in [0.29, 0.717) is 6.54 Å². The molecule has 0 saturated carbocycles. The van der Waals surface area contributed by atoms with Gasteiger partial charge in [-0.15, -0.1) is 0 Å². The van der Waals surface area contributed by atoms with Crippen molar-refractivity contribution in [1.29, 1.82) is 0 Å². The zero-order valence-corrected chi connectivity index (χ0v) is 14.6. The van der Waals surface area contributed by atoms with E-state index in [1.807, 2.05) is 18.3 Å². The summed E-state index contributed by atoms with van der Waals surface area (Å²) in [5.74, 6) is 0.227. The van der Waals surface area contributed by atoms with Gasteiger partial charge >= 0.3 is 5.97 Å². The predicted molar refractivity (Wildman–Crippen MR) is 100 cm³/mol. The number of aliphatic carboxylic acids is 1. The lowest BCUT2D eigenvalue weighted by atomic mass is 10.0. The minimum Gasteiger partial charge on any atom is -0.481 e. The van der Waals surface area contributed by atoms with Crippen LogP contribution < -0.4 is 5.32 Å². The molecular weight excluding hydrogens is 328 g/mol. The topological polar surface area (TPSA) is 80.0 Å². The van der Waals surface area contributed by atoms with Crippen LogP contribution in [0.2, 0.25) is 0 Å². The number of pyridine rings is 1. The summed E-state index contributed by atoms with van der Waals surface area (Å²) in [5, 5.41) is 17.7. The van der Waals surface area contributed by atoms with Gasteiger partial charge in [0, 0.05) is 17.6 Å². The third-order valence-corrected chi connectivity index (χ3v) is 4.92. The monoisotopic (exact) mass is 350 g/mol. The fraction of sp³-hybridized carbons (Fsp3) is 0.350. The Bertz CT molecular complexity index is 948. The van der Waals surface area contributed by atoms with Gasteiger partial charge in [-0.05, 0) is 48.9 Å². The molecule has 0 radical (unpaired) electrons. The summed E-state index contributed by atoms with van der Waals surface area (Å²) in [5.41, 5.74) is 4.61. The van der Waals surface area contributed by atoms with Crippen LogP contribution in [0.5, 0.6) is 0 Å². The number of aromatic nitrogens is 3. The fourth-order valence-corrected chi connectivity index (χ4v) is 3.53. The van der Waals surface area contributed by atoms with Crippen molar-refractivity contribution in [1.82, 2.24) is 14.8 Å². The summed E-state index contributed by atoms with van der Waals surface area (Å²) in [6, 6.07) is 10.4. The number of benzene rings is 1. The van der Waals surface area contributed by atoms with Gasteiger partial charge in [0.05, 0.1) is 24.7 Å². The van der Waals surface area contributed by atoms with Gasteiger partial charge in [0.25, 0.3) is 0 Å². The number of anilines is 1. The summed E-state index contributed by atoms with van der Waals surface area (Å²) in [6.45, 7) is 1.39. The first-order chi connectivity index (χ1) is 12.7. The summed E-state index contributed by atoms with van der Waals surface area (Å²) < 4.78 is 1.77. The molecule has 0 amide bonds. The molecule has 134 valence electrons. The molecule has 6 nitrogen and oxygen atoms in total. The molecule has 6 heteroatoms. The van der Waals surface area contributed by atoms with Crippen LogP contribution in [0.1, 0.15) is 29.7 Å². The van der Waals surface area contributed by atoms with Crippen LogP contribution in [0.15, 0.2) is 36.5 Å². The van der Waals surface area contributed by atoms with E-state index in [-0.39, 0.29) is 6.42 Å². The van der Waals surface area contributed by atoms with Crippen molar-refractivity contribution < 1.29 is 9.90 Å². The van der Waals surface area contributed by atoms with Gasteiger partial charge in [-0.2, -0.15) is 5.10 Å². The second-order valence-electron chi connectivity index (χ2n) is 6.70. The highest BCUT2D eigenvalue weighted by atomic mass is 16.4. The van der Waals surface area contributed by atoms with Crippen LogP contribution in [-0.2, 0) is 30.6 Å². The predicted octanol–water partition coefficient (Wildman–Crippen LogP) is 3.05. The first-order valence-corrected chi connectivity index (χ1v) is 9.08. The van der Waals surface area contributed by atoms with Gasteiger partial charge in [-0.3, -0.25) is 9.48 Å². The van der Waals surface area contributed by atoms with E-state index in [2.05, 4.69) is 28.6 Å². The van der Waals surface area contributed by atoms with E-state index in [1.165, 1.54) is 17.5 Å². The molecule has 2 aromatic heterocycles. The standard InChI is InChI=1S/C20H22N4O2/c25-19(26)10-12-24-18-5-1-3-14(17(18)13-22-24)6-8-16-9-7-15-4-2-11-21-20(15)23-16/h1,3,5,7,9,13H,2,4,6,8,10-12H2,(H,21,23)(H,25,26). The first kappa shape index (κ1) is 16.6. The molecule has 4 rings (SSSR count). The number of fused-ring (bicyclic) bond motifs is 2. The van der Waals surface area contributed by atoms with Gasteiger partial charge in [-0.1, -0.05) is 18.2 Å². The van der Waals surface area contributed by atoms with Crippen molar-refractivity contribution in [2.45, 2.75) is 38.6 Å². The Labute approximate surface area is 151 Å². The number of nitrogens with zero attached hydrogens (tertiary/aromatic N) is 3. The molecule has 1 aromatic carbocycles. The normalized spacial score (nSPS) is 13.4. The molecule has 0 unspecified atom stereocenters. The zero-order valence-electron chi connectivity index (χ0n) is 14.6. The van der Waals surface area contributed by atoms with E-state index in [1.54, 1.807) is 4.68 Å². The average Bonchev–Trinajstić information content (AvgIpc) is 3.08. The quantitative estimate of drug-likeness (QED) is 0.714. The lowest BCUT2D eigenvalue weighted by Crippen LogP contribution is -2.14. The smallest absolute Gasteiger partial charge is 0.305 e. The Balaban J connectivity index is 1.51. The zero-order chi connectivity index (χ0) is 17.9. The van der Waals surface area contributed by atoms with Crippen LogP contribution >= 0.6 is 0 Å². The number of hydrogen-bond donors (Lipinski definition) is 2. The fourth-order valence-electron chi connectivity index (χ4n) is 3.53. The molecule has 26 heavy (non-hydrogen) atoms. The molecular formula is C20H22N4O2. The van der Waals surface area contributed by atoms with Crippen molar-refractivity contribution in [3.05, 3.63) is 53.3 Å². The number of carbonyl (C=O) groups is 1. The summed E-state index contributed by atoms with van der Waals surface area (Å²) in [4.78, 5) is 15.6. The van der Waals surface area contributed by atoms with Gasteiger partial charge in [0.15, 0.2) is 0 Å².